The number of hydrogen-bond acceptors (Lipinski definition) is 3. The zero-order valence-corrected chi connectivity index (χ0v) is 16.8. The Labute approximate surface area is 175 Å². The van der Waals surface area contributed by atoms with Gasteiger partial charge in [-0.1, -0.05) is 72.3 Å². The van der Waals surface area contributed by atoms with E-state index in [1.165, 1.54) is 0 Å². The smallest absolute Gasteiger partial charge is 0.139 e. The van der Waals surface area contributed by atoms with Crippen LogP contribution in [0.25, 0.3) is 6.08 Å². The molecule has 0 amide bonds. The quantitative estimate of drug-likeness (QED) is 0.649. The van der Waals surface area contributed by atoms with Crippen LogP contribution in [0, 0.1) is 0 Å². The first-order valence-corrected chi connectivity index (χ1v) is 10.1. The van der Waals surface area contributed by atoms with Crippen molar-refractivity contribution in [1.82, 2.24) is 0 Å². The van der Waals surface area contributed by atoms with Crippen LogP contribution in [0.2, 0.25) is 5.02 Å². The fraction of sp³-hybridized carbons (Fsp3) is 0.160. The molecule has 3 aromatic carbocycles. The normalized spacial score (nSPS) is 20.2. The van der Waals surface area contributed by atoms with Gasteiger partial charge in [0.2, 0.25) is 0 Å². The molecule has 0 aliphatic carbocycles. The predicted molar refractivity (Wildman–Crippen MR) is 120 cm³/mol. The van der Waals surface area contributed by atoms with Crippen molar-refractivity contribution < 1.29 is 5.11 Å². The molecule has 2 atom stereocenters. The zero-order chi connectivity index (χ0) is 20.0. The van der Waals surface area contributed by atoms with Crippen molar-refractivity contribution in [2.45, 2.75) is 24.6 Å². The minimum atomic E-state index is -1.24. The van der Waals surface area contributed by atoms with Gasteiger partial charge in [-0.15, -0.1) is 0 Å². The molecule has 29 heavy (non-hydrogen) atoms. The second-order valence-corrected chi connectivity index (χ2v) is 8.01. The number of hydrogen-bond donors (Lipinski definition) is 1. The molecule has 3 nitrogen and oxygen atoms in total. The number of amidine groups is 1. The standard InChI is InChI=1S/C25H21ClN2O/c1-17-24(27-23-15-12-18-16-21(26)13-14-22(18)28(17)23)25(29,19-8-4-2-5-9-19)20-10-6-3-7-11-20/h2-17,24,29H,1H3/t17-,24-/m0/s1. The van der Waals surface area contributed by atoms with Gasteiger partial charge in [0.1, 0.15) is 17.5 Å². The lowest BCUT2D eigenvalue weighted by Crippen LogP contribution is -2.48. The first kappa shape index (κ1) is 18.2. The maximum absolute atomic E-state index is 12.2. The lowest BCUT2D eigenvalue weighted by Gasteiger charge is -2.38. The van der Waals surface area contributed by atoms with Crippen LogP contribution >= 0.6 is 11.6 Å². The number of anilines is 1. The van der Waals surface area contributed by atoms with E-state index in [1.807, 2.05) is 91.0 Å². The summed E-state index contributed by atoms with van der Waals surface area (Å²) in [4.78, 5) is 7.21. The fourth-order valence-electron chi connectivity index (χ4n) is 4.51. The summed E-state index contributed by atoms with van der Waals surface area (Å²) < 4.78 is 0. The molecule has 0 bridgehead atoms. The molecule has 144 valence electrons. The van der Waals surface area contributed by atoms with Crippen LogP contribution in [0.5, 0.6) is 0 Å². The third kappa shape index (κ3) is 2.81. The summed E-state index contributed by atoms with van der Waals surface area (Å²) in [5.41, 5.74) is 2.56. The van der Waals surface area contributed by atoms with Gasteiger partial charge in [0, 0.05) is 5.02 Å². The number of nitrogens with zero attached hydrogens (tertiary/aromatic N) is 2. The van der Waals surface area contributed by atoms with Gasteiger partial charge >= 0.3 is 0 Å². The Hall–Kier alpha value is -2.88. The Morgan fingerprint density at radius 3 is 2.14 bits per heavy atom. The molecular formula is C25H21ClN2O. The summed E-state index contributed by atoms with van der Waals surface area (Å²) in [5, 5.41) is 12.9. The van der Waals surface area contributed by atoms with Crippen LogP contribution in [0.1, 0.15) is 23.6 Å². The van der Waals surface area contributed by atoms with E-state index in [9.17, 15) is 5.11 Å². The van der Waals surface area contributed by atoms with E-state index in [2.05, 4.69) is 11.8 Å². The lowest BCUT2D eigenvalue weighted by molar-refractivity contribution is 0.0489. The van der Waals surface area contributed by atoms with Crippen molar-refractivity contribution in [3.05, 3.63) is 107 Å². The van der Waals surface area contributed by atoms with E-state index in [0.29, 0.717) is 5.02 Å². The highest BCUT2D eigenvalue weighted by atomic mass is 35.5. The van der Waals surface area contributed by atoms with Crippen molar-refractivity contribution >= 4 is 29.2 Å². The van der Waals surface area contributed by atoms with E-state index >= 15 is 0 Å². The summed E-state index contributed by atoms with van der Waals surface area (Å²) in [6.45, 7) is 2.12. The molecule has 0 aromatic heterocycles. The minimum Gasteiger partial charge on any atom is -0.378 e. The number of halogens is 1. The van der Waals surface area contributed by atoms with Crippen LogP contribution in [-0.2, 0) is 5.60 Å². The van der Waals surface area contributed by atoms with Crippen molar-refractivity contribution in [3.8, 4) is 0 Å². The highest BCUT2D eigenvalue weighted by Gasteiger charge is 2.49. The van der Waals surface area contributed by atoms with Gasteiger partial charge in [-0.2, -0.15) is 0 Å². The molecule has 0 radical (unpaired) electrons. The van der Waals surface area contributed by atoms with Crippen molar-refractivity contribution in [2.24, 2.45) is 4.99 Å². The largest absolute Gasteiger partial charge is 0.378 e. The highest BCUT2D eigenvalue weighted by Crippen LogP contribution is 2.43. The molecule has 1 N–H and O–H groups in total. The second kappa shape index (κ2) is 6.87. The molecule has 0 saturated heterocycles. The molecule has 4 heteroatoms. The van der Waals surface area contributed by atoms with Crippen LogP contribution in [0.15, 0.2) is 89.9 Å². The van der Waals surface area contributed by atoms with Gasteiger partial charge in [0.25, 0.3) is 0 Å². The van der Waals surface area contributed by atoms with E-state index in [0.717, 1.165) is 28.2 Å². The third-order valence-corrected chi connectivity index (χ3v) is 6.13. The lowest BCUT2D eigenvalue weighted by atomic mass is 9.78. The molecule has 5 rings (SSSR count). The molecule has 3 aromatic rings. The molecule has 2 aliphatic rings. The van der Waals surface area contributed by atoms with Crippen LogP contribution in [-0.4, -0.2) is 23.0 Å². The van der Waals surface area contributed by atoms with E-state index < -0.39 is 5.60 Å². The van der Waals surface area contributed by atoms with Crippen LogP contribution in [0.4, 0.5) is 5.69 Å². The van der Waals surface area contributed by atoms with Gasteiger partial charge in [-0.05, 0) is 54.0 Å². The van der Waals surface area contributed by atoms with Gasteiger partial charge in [-0.3, -0.25) is 4.99 Å². The SMILES string of the molecule is C[C@H]1[C@@H](C(O)(c2ccccc2)c2ccccc2)N=C2C=Cc3cc(Cl)ccc3N21. The van der Waals surface area contributed by atoms with E-state index in [1.54, 1.807) is 0 Å². The number of benzene rings is 3. The molecule has 0 spiro atoms. The Balaban J connectivity index is 1.65. The van der Waals surface area contributed by atoms with Gasteiger partial charge in [0.15, 0.2) is 0 Å². The molecule has 0 unspecified atom stereocenters. The molecule has 2 heterocycles. The third-order valence-electron chi connectivity index (χ3n) is 5.90. The van der Waals surface area contributed by atoms with Crippen LogP contribution in [0.3, 0.4) is 0 Å². The summed E-state index contributed by atoms with van der Waals surface area (Å²) in [6, 6.07) is 25.1. The first-order chi connectivity index (χ1) is 14.1. The first-order valence-electron chi connectivity index (χ1n) is 9.77. The maximum Gasteiger partial charge on any atom is 0.139 e. The zero-order valence-electron chi connectivity index (χ0n) is 16.0. The molecule has 0 fully saturated rings. The Bertz CT molecular complexity index is 1070. The van der Waals surface area contributed by atoms with Crippen LogP contribution < -0.4 is 4.90 Å². The van der Waals surface area contributed by atoms with E-state index in [-0.39, 0.29) is 12.1 Å². The fourth-order valence-corrected chi connectivity index (χ4v) is 4.69. The number of aliphatic imine (C=N–C) groups is 1. The topological polar surface area (TPSA) is 35.8 Å². The summed E-state index contributed by atoms with van der Waals surface area (Å²) in [6.07, 6.45) is 4.04. The average Bonchev–Trinajstić information content (AvgIpc) is 3.11. The molecule has 2 aliphatic heterocycles. The predicted octanol–water partition coefficient (Wildman–Crippen LogP) is 5.28. The summed E-state index contributed by atoms with van der Waals surface area (Å²) in [5.74, 6) is 0.864. The average molecular weight is 401 g/mol. The number of rotatable bonds is 3. The Morgan fingerprint density at radius 2 is 1.52 bits per heavy atom. The van der Waals surface area contributed by atoms with Crippen molar-refractivity contribution in [3.63, 3.8) is 0 Å². The van der Waals surface area contributed by atoms with E-state index in [4.69, 9.17) is 16.6 Å². The second-order valence-electron chi connectivity index (χ2n) is 7.58. The van der Waals surface area contributed by atoms with Gasteiger partial charge < -0.3 is 10.0 Å². The monoisotopic (exact) mass is 400 g/mol. The summed E-state index contributed by atoms with van der Waals surface area (Å²) >= 11 is 6.19. The van der Waals surface area contributed by atoms with Gasteiger partial charge in [-0.25, -0.2) is 0 Å². The highest BCUT2D eigenvalue weighted by molar-refractivity contribution is 6.31. The molecule has 0 saturated carbocycles. The van der Waals surface area contributed by atoms with Crippen molar-refractivity contribution in [2.75, 3.05) is 4.90 Å². The summed E-state index contributed by atoms with van der Waals surface area (Å²) in [7, 11) is 0. The van der Waals surface area contributed by atoms with Crippen molar-refractivity contribution in [1.29, 1.82) is 0 Å². The minimum absolute atomic E-state index is 0.0414. The van der Waals surface area contributed by atoms with Gasteiger partial charge in [0.05, 0.1) is 11.7 Å². The number of fused-ring (bicyclic) bond motifs is 3. The molecular weight excluding hydrogens is 380 g/mol. The number of aliphatic hydroxyl groups is 1. The Morgan fingerprint density at radius 1 is 0.897 bits per heavy atom. The maximum atomic E-state index is 12.2. The Kier molecular flexibility index (Phi) is 4.30.